The number of carbonyl (C=O) groups excluding carboxylic acids is 1. The minimum Gasteiger partial charge on any atom is -0.340 e. The number of amides is 1. The van der Waals surface area contributed by atoms with Crippen molar-refractivity contribution >= 4 is 21.8 Å². The van der Waals surface area contributed by atoms with Crippen LogP contribution < -0.4 is 5.32 Å². The number of nitrogens with one attached hydrogen (secondary N) is 1. The molecule has 0 saturated carbocycles. The van der Waals surface area contributed by atoms with Crippen LogP contribution in [0.25, 0.3) is 0 Å². The molecule has 2 atom stereocenters. The topological polar surface area (TPSA) is 32.3 Å². The Hall–Kier alpha value is -0.870. The van der Waals surface area contributed by atoms with Crippen LogP contribution in [0.4, 0.5) is 0 Å². The summed E-state index contributed by atoms with van der Waals surface area (Å²) in [6, 6.07) is 8.64. The Morgan fingerprint density at radius 1 is 1.47 bits per heavy atom. The molecule has 1 N–H and O–H groups in total. The second kappa shape index (κ2) is 6.53. The highest BCUT2D eigenvalue weighted by molar-refractivity contribution is 9.10. The van der Waals surface area contributed by atoms with Crippen LogP contribution in [0, 0.1) is 0 Å². The molecule has 104 valence electrons. The highest BCUT2D eigenvalue weighted by Crippen LogP contribution is 2.22. The van der Waals surface area contributed by atoms with Crippen molar-refractivity contribution < 1.29 is 4.79 Å². The third-order valence-corrected chi connectivity index (χ3v) is 4.17. The number of halogens is 1. The largest absolute Gasteiger partial charge is 0.340 e. The second-order valence-electron chi connectivity index (χ2n) is 5.35. The van der Waals surface area contributed by atoms with E-state index in [1.54, 1.807) is 0 Å². The molecule has 1 heterocycles. The average molecular weight is 325 g/mol. The molecule has 3 nitrogen and oxygen atoms in total. The highest BCUT2D eigenvalue weighted by Gasteiger charge is 2.22. The Kier molecular flexibility index (Phi) is 4.99. The summed E-state index contributed by atoms with van der Waals surface area (Å²) in [4.78, 5) is 14.3. The maximum absolute atomic E-state index is 12.3. The maximum Gasteiger partial charge on any atom is 0.223 e. The lowest BCUT2D eigenvalue weighted by atomic mass is 9.97. The Morgan fingerprint density at radius 3 is 2.79 bits per heavy atom. The molecule has 1 aliphatic rings. The molecule has 1 fully saturated rings. The number of benzene rings is 1. The van der Waals surface area contributed by atoms with Gasteiger partial charge in [-0.3, -0.25) is 4.79 Å². The van der Waals surface area contributed by atoms with Gasteiger partial charge in [-0.25, -0.2) is 0 Å². The van der Waals surface area contributed by atoms with E-state index < -0.39 is 0 Å². The van der Waals surface area contributed by atoms with Gasteiger partial charge in [0.2, 0.25) is 5.91 Å². The van der Waals surface area contributed by atoms with Gasteiger partial charge in [0.25, 0.3) is 0 Å². The predicted molar refractivity (Wildman–Crippen MR) is 81.2 cm³/mol. The number of piperazine rings is 1. The highest BCUT2D eigenvalue weighted by atomic mass is 79.9. The molecule has 0 radical (unpaired) electrons. The standard InChI is InChI=1S/C15H21BrN2O/c1-11(13-3-5-14(16)6-4-13)9-15(19)18-8-7-17-12(2)10-18/h3-6,11-12,17H,7-10H2,1-2H3/t11?,12-/m0/s1. The van der Waals surface area contributed by atoms with E-state index in [0.717, 1.165) is 24.1 Å². The van der Waals surface area contributed by atoms with Gasteiger partial charge in [-0.15, -0.1) is 0 Å². The fourth-order valence-electron chi connectivity index (χ4n) is 2.46. The SMILES string of the molecule is CC(CC(=O)N1CCN[C@@H](C)C1)c1ccc(Br)cc1. The number of nitrogens with zero attached hydrogens (tertiary/aromatic N) is 1. The van der Waals surface area contributed by atoms with Gasteiger partial charge in [0.15, 0.2) is 0 Å². The first-order valence-electron chi connectivity index (χ1n) is 6.83. The van der Waals surface area contributed by atoms with Crippen molar-refractivity contribution in [3.05, 3.63) is 34.3 Å². The summed E-state index contributed by atoms with van der Waals surface area (Å²) in [7, 11) is 0. The van der Waals surface area contributed by atoms with Crippen molar-refractivity contribution in [2.24, 2.45) is 0 Å². The zero-order valence-electron chi connectivity index (χ0n) is 11.5. The second-order valence-corrected chi connectivity index (χ2v) is 6.27. The molecular formula is C15H21BrN2O. The molecule has 0 aromatic heterocycles. The minimum absolute atomic E-state index is 0.267. The van der Waals surface area contributed by atoms with Crippen LogP contribution in [0.3, 0.4) is 0 Å². The lowest BCUT2D eigenvalue weighted by molar-refractivity contribution is -0.132. The molecule has 19 heavy (non-hydrogen) atoms. The van der Waals surface area contributed by atoms with Gasteiger partial charge in [0, 0.05) is 36.6 Å². The Labute approximate surface area is 123 Å². The van der Waals surface area contributed by atoms with Crippen molar-refractivity contribution in [3.8, 4) is 0 Å². The van der Waals surface area contributed by atoms with E-state index >= 15 is 0 Å². The van der Waals surface area contributed by atoms with Crippen LogP contribution >= 0.6 is 15.9 Å². The van der Waals surface area contributed by atoms with Gasteiger partial charge in [-0.1, -0.05) is 35.0 Å². The molecule has 4 heteroatoms. The van der Waals surface area contributed by atoms with Gasteiger partial charge < -0.3 is 10.2 Å². The van der Waals surface area contributed by atoms with E-state index in [2.05, 4.69) is 47.2 Å². The molecule has 0 bridgehead atoms. The van der Waals surface area contributed by atoms with Gasteiger partial charge in [-0.05, 0) is 30.5 Å². The maximum atomic E-state index is 12.3. The molecule has 1 aromatic rings. The third kappa shape index (κ3) is 4.05. The summed E-state index contributed by atoms with van der Waals surface area (Å²) >= 11 is 3.43. The van der Waals surface area contributed by atoms with Gasteiger partial charge in [0.05, 0.1) is 0 Å². The van der Waals surface area contributed by atoms with E-state index in [-0.39, 0.29) is 11.8 Å². The van der Waals surface area contributed by atoms with E-state index in [4.69, 9.17) is 0 Å². The Bertz CT molecular complexity index is 432. The van der Waals surface area contributed by atoms with Crippen molar-refractivity contribution in [1.29, 1.82) is 0 Å². The Morgan fingerprint density at radius 2 is 2.16 bits per heavy atom. The molecule has 1 aliphatic heterocycles. The van der Waals surface area contributed by atoms with Crippen molar-refractivity contribution in [3.63, 3.8) is 0 Å². The first kappa shape index (κ1) is 14.5. The monoisotopic (exact) mass is 324 g/mol. The lowest BCUT2D eigenvalue weighted by Crippen LogP contribution is -2.51. The van der Waals surface area contributed by atoms with Crippen LogP contribution in [0.2, 0.25) is 0 Å². The van der Waals surface area contributed by atoms with Crippen LogP contribution in [-0.4, -0.2) is 36.5 Å². The van der Waals surface area contributed by atoms with Crippen LogP contribution in [-0.2, 0) is 4.79 Å². The van der Waals surface area contributed by atoms with Crippen LogP contribution in [0.5, 0.6) is 0 Å². The predicted octanol–water partition coefficient (Wildman–Crippen LogP) is 2.76. The molecule has 1 saturated heterocycles. The molecule has 0 aliphatic carbocycles. The summed E-state index contributed by atoms with van der Waals surface area (Å²) < 4.78 is 1.07. The normalized spacial score (nSPS) is 21.2. The number of hydrogen-bond acceptors (Lipinski definition) is 2. The summed E-state index contributed by atoms with van der Waals surface area (Å²) in [5.41, 5.74) is 1.22. The van der Waals surface area contributed by atoms with Crippen molar-refractivity contribution in [2.75, 3.05) is 19.6 Å². The molecule has 1 amide bonds. The molecule has 1 aromatic carbocycles. The van der Waals surface area contributed by atoms with E-state index in [9.17, 15) is 4.79 Å². The fourth-order valence-corrected chi connectivity index (χ4v) is 2.72. The smallest absolute Gasteiger partial charge is 0.223 e. The fraction of sp³-hybridized carbons (Fsp3) is 0.533. The summed E-state index contributed by atoms with van der Waals surface area (Å²) in [6.07, 6.45) is 0.592. The van der Waals surface area contributed by atoms with E-state index in [1.807, 2.05) is 17.0 Å². The number of carbonyl (C=O) groups is 1. The molecule has 2 rings (SSSR count). The summed E-state index contributed by atoms with van der Waals surface area (Å²) in [5, 5.41) is 3.36. The summed E-state index contributed by atoms with van der Waals surface area (Å²) in [6.45, 7) is 6.80. The molecule has 1 unspecified atom stereocenters. The lowest BCUT2D eigenvalue weighted by Gasteiger charge is -2.32. The van der Waals surface area contributed by atoms with Gasteiger partial charge >= 0.3 is 0 Å². The van der Waals surface area contributed by atoms with Gasteiger partial charge in [-0.2, -0.15) is 0 Å². The first-order valence-corrected chi connectivity index (χ1v) is 7.62. The van der Waals surface area contributed by atoms with E-state index in [0.29, 0.717) is 12.5 Å². The van der Waals surface area contributed by atoms with Crippen molar-refractivity contribution in [2.45, 2.75) is 32.2 Å². The average Bonchev–Trinajstić information content (AvgIpc) is 2.39. The minimum atomic E-state index is 0.267. The molecule has 0 spiro atoms. The van der Waals surface area contributed by atoms with Crippen molar-refractivity contribution in [1.82, 2.24) is 10.2 Å². The van der Waals surface area contributed by atoms with Crippen LogP contribution in [0.15, 0.2) is 28.7 Å². The first-order chi connectivity index (χ1) is 9.06. The third-order valence-electron chi connectivity index (χ3n) is 3.64. The van der Waals surface area contributed by atoms with Crippen LogP contribution in [0.1, 0.15) is 31.7 Å². The zero-order valence-corrected chi connectivity index (χ0v) is 13.1. The number of rotatable bonds is 3. The Balaban J connectivity index is 1.92. The van der Waals surface area contributed by atoms with E-state index in [1.165, 1.54) is 5.56 Å². The van der Waals surface area contributed by atoms with Gasteiger partial charge in [0.1, 0.15) is 0 Å². The summed E-state index contributed by atoms with van der Waals surface area (Å²) in [5.74, 6) is 0.537. The quantitative estimate of drug-likeness (QED) is 0.927. The zero-order chi connectivity index (χ0) is 13.8. The number of hydrogen-bond donors (Lipinski definition) is 1. The molecular weight excluding hydrogens is 304 g/mol.